The third-order valence-corrected chi connectivity index (χ3v) is 4.73. The summed E-state index contributed by atoms with van der Waals surface area (Å²) >= 11 is 1.44. The van der Waals surface area contributed by atoms with Crippen LogP contribution in [0.25, 0.3) is 0 Å². The molecule has 1 aromatic rings. The van der Waals surface area contributed by atoms with Crippen molar-refractivity contribution in [1.82, 2.24) is 0 Å². The second-order valence-corrected chi connectivity index (χ2v) is 7.75. The van der Waals surface area contributed by atoms with Gasteiger partial charge < -0.3 is 9.84 Å². The molecule has 0 radical (unpaired) electrons. The molecule has 0 aliphatic heterocycles. The molecule has 0 spiro atoms. The number of benzene rings is 1. The molecular formula is C17H26O3S. The molecule has 0 heterocycles. The second kappa shape index (κ2) is 7.74. The van der Waals surface area contributed by atoms with Crippen molar-refractivity contribution in [2.75, 3.05) is 12.4 Å². The minimum absolute atomic E-state index is 0.124. The molecule has 0 bridgehead atoms. The van der Waals surface area contributed by atoms with E-state index in [1.54, 1.807) is 0 Å². The van der Waals surface area contributed by atoms with Crippen LogP contribution in [-0.4, -0.2) is 28.7 Å². The van der Waals surface area contributed by atoms with E-state index in [-0.39, 0.29) is 16.6 Å². The Hall–Kier alpha value is -1.16. The van der Waals surface area contributed by atoms with Crippen LogP contribution in [0.1, 0.15) is 40.2 Å². The van der Waals surface area contributed by atoms with E-state index < -0.39 is 5.97 Å². The fourth-order valence-corrected chi connectivity index (χ4v) is 2.90. The van der Waals surface area contributed by atoms with Gasteiger partial charge in [-0.3, -0.25) is 4.79 Å². The second-order valence-electron chi connectivity index (χ2n) is 6.50. The van der Waals surface area contributed by atoms with Gasteiger partial charge in [-0.1, -0.05) is 46.8 Å². The summed E-state index contributed by atoms with van der Waals surface area (Å²) in [6.45, 7) is 10.9. The van der Waals surface area contributed by atoms with Crippen LogP contribution in [0.3, 0.4) is 0 Å². The number of aliphatic carboxylic acids is 1. The highest BCUT2D eigenvalue weighted by Crippen LogP contribution is 2.24. The maximum atomic E-state index is 11.1. The zero-order valence-corrected chi connectivity index (χ0v) is 14.4. The predicted molar refractivity (Wildman–Crippen MR) is 89.4 cm³/mol. The van der Waals surface area contributed by atoms with Gasteiger partial charge in [-0.15, -0.1) is 11.8 Å². The number of rotatable bonds is 7. The number of hydrogen-bond acceptors (Lipinski definition) is 3. The maximum absolute atomic E-state index is 11.1. The van der Waals surface area contributed by atoms with Crippen molar-refractivity contribution in [2.24, 2.45) is 5.92 Å². The van der Waals surface area contributed by atoms with Gasteiger partial charge in [0.1, 0.15) is 11.0 Å². The Kier molecular flexibility index (Phi) is 6.59. The highest BCUT2D eigenvalue weighted by atomic mass is 32.2. The van der Waals surface area contributed by atoms with Crippen molar-refractivity contribution in [3.05, 3.63) is 29.8 Å². The number of thioether (sulfide) groups is 1. The monoisotopic (exact) mass is 310 g/mol. The molecule has 1 aromatic carbocycles. The van der Waals surface area contributed by atoms with Crippen LogP contribution in [0.5, 0.6) is 5.75 Å². The normalized spacial score (nSPS) is 13.2. The summed E-state index contributed by atoms with van der Waals surface area (Å²) in [5, 5.41) is 8.74. The van der Waals surface area contributed by atoms with E-state index in [4.69, 9.17) is 9.84 Å². The van der Waals surface area contributed by atoms with E-state index in [9.17, 15) is 4.79 Å². The van der Waals surface area contributed by atoms with Crippen molar-refractivity contribution in [3.8, 4) is 5.75 Å². The third-order valence-electron chi connectivity index (χ3n) is 3.22. The Morgan fingerprint density at radius 2 is 1.81 bits per heavy atom. The molecule has 0 aromatic heterocycles. The summed E-state index contributed by atoms with van der Waals surface area (Å²) in [7, 11) is 0. The van der Waals surface area contributed by atoms with E-state index >= 15 is 0 Å². The van der Waals surface area contributed by atoms with Crippen LogP contribution in [0.15, 0.2) is 24.3 Å². The van der Waals surface area contributed by atoms with E-state index in [1.807, 2.05) is 26.0 Å². The summed E-state index contributed by atoms with van der Waals surface area (Å²) < 4.78 is 5.67. The van der Waals surface area contributed by atoms with Crippen LogP contribution < -0.4 is 4.74 Å². The van der Waals surface area contributed by atoms with Crippen LogP contribution in [0.4, 0.5) is 0 Å². The maximum Gasteiger partial charge on any atom is 0.316 e. The highest BCUT2D eigenvalue weighted by Gasteiger charge is 2.21. The van der Waals surface area contributed by atoms with Gasteiger partial charge in [0.25, 0.3) is 0 Å². The molecule has 1 N–H and O–H groups in total. The Morgan fingerprint density at radius 1 is 1.24 bits per heavy atom. The molecule has 0 saturated heterocycles. The van der Waals surface area contributed by atoms with Crippen molar-refractivity contribution >= 4 is 17.7 Å². The number of carboxylic acid groups (broad SMARTS) is 1. The fourth-order valence-electron chi connectivity index (χ4n) is 1.93. The summed E-state index contributed by atoms with van der Waals surface area (Å²) in [5.74, 6) is 0.888. The number of carboxylic acids is 1. The molecule has 21 heavy (non-hydrogen) atoms. The third kappa shape index (κ3) is 6.00. The van der Waals surface area contributed by atoms with Gasteiger partial charge >= 0.3 is 5.97 Å². The Labute approximate surface area is 132 Å². The summed E-state index contributed by atoms with van der Waals surface area (Å²) in [5.41, 5.74) is 1.41. The Bertz CT molecular complexity index is 446. The predicted octanol–water partition coefficient (Wildman–Crippen LogP) is 4.21. The highest BCUT2D eigenvalue weighted by molar-refractivity contribution is 8.00. The molecule has 1 rings (SSSR count). The van der Waals surface area contributed by atoms with E-state index in [0.29, 0.717) is 12.4 Å². The van der Waals surface area contributed by atoms with Crippen molar-refractivity contribution in [3.63, 3.8) is 0 Å². The van der Waals surface area contributed by atoms with Crippen LogP contribution >= 0.6 is 11.8 Å². The van der Waals surface area contributed by atoms with Crippen molar-refractivity contribution in [1.29, 1.82) is 0 Å². The Balaban J connectivity index is 2.41. The molecule has 4 heteroatoms. The molecule has 0 aliphatic rings. The number of hydrogen-bond donors (Lipinski definition) is 1. The number of ether oxygens (including phenoxy) is 1. The quantitative estimate of drug-likeness (QED) is 0.767. The van der Waals surface area contributed by atoms with Gasteiger partial charge in [-0.05, 0) is 29.0 Å². The lowest BCUT2D eigenvalue weighted by molar-refractivity contribution is -0.137. The van der Waals surface area contributed by atoms with Crippen molar-refractivity contribution in [2.45, 2.75) is 45.3 Å². The lowest BCUT2D eigenvalue weighted by Crippen LogP contribution is -2.23. The van der Waals surface area contributed by atoms with Gasteiger partial charge in [-0.25, -0.2) is 0 Å². The van der Waals surface area contributed by atoms with E-state index in [0.717, 1.165) is 5.75 Å². The molecule has 0 saturated carbocycles. The van der Waals surface area contributed by atoms with Crippen molar-refractivity contribution < 1.29 is 14.6 Å². The molecule has 0 aliphatic carbocycles. The van der Waals surface area contributed by atoms with Gasteiger partial charge in [0.05, 0.1) is 6.61 Å². The molecule has 1 atom stereocenters. The average molecular weight is 310 g/mol. The van der Waals surface area contributed by atoms with Crippen LogP contribution in [0.2, 0.25) is 0 Å². The first kappa shape index (κ1) is 17.9. The van der Waals surface area contributed by atoms with Gasteiger partial charge in [-0.2, -0.15) is 0 Å². The standard InChI is InChI=1S/C17H26O3S/c1-12(2)15(16(18)19)21-11-10-20-14-8-6-13(7-9-14)17(3,4)5/h6-9,12,15H,10-11H2,1-5H3,(H,18,19). The lowest BCUT2D eigenvalue weighted by Gasteiger charge is -2.19. The molecule has 0 amide bonds. The average Bonchev–Trinajstić information content (AvgIpc) is 2.37. The molecular weight excluding hydrogens is 284 g/mol. The summed E-state index contributed by atoms with van der Waals surface area (Å²) in [6.07, 6.45) is 0. The minimum Gasteiger partial charge on any atom is -0.493 e. The fraction of sp³-hybridized carbons (Fsp3) is 0.588. The zero-order chi connectivity index (χ0) is 16.0. The van der Waals surface area contributed by atoms with Gasteiger partial charge in [0, 0.05) is 5.75 Å². The number of carbonyl (C=O) groups is 1. The molecule has 118 valence electrons. The summed E-state index contributed by atoms with van der Waals surface area (Å²) in [6, 6.07) is 8.11. The lowest BCUT2D eigenvalue weighted by atomic mass is 9.87. The largest absolute Gasteiger partial charge is 0.493 e. The summed E-state index contributed by atoms with van der Waals surface area (Å²) in [4.78, 5) is 11.1. The SMILES string of the molecule is CC(C)C(SCCOc1ccc(C(C)(C)C)cc1)C(=O)O. The minimum atomic E-state index is -0.746. The van der Waals surface area contributed by atoms with E-state index in [2.05, 4.69) is 32.9 Å². The Morgan fingerprint density at radius 3 is 2.24 bits per heavy atom. The topological polar surface area (TPSA) is 46.5 Å². The van der Waals surface area contributed by atoms with Gasteiger partial charge in [0.2, 0.25) is 0 Å². The first-order valence-electron chi connectivity index (χ1n) is 7.29. The van der Waals surface area contributed by atoms with Gasteiger partial charge in [0.15, 0.2) is 0 Å². The molecule has 3 nitrogen and oxygen atoms in total. The molecule has 1 unspecified atom stereocenters. The van der Waals surface area contributed by atoms with Crippen LogP contribution in [-0.2, 0) is 10.2 Å². The first-order valence-corrected chi connectivity index (χ1v) is 8.34. The molecule has 0 fully saturated rings. The first-order chi connectivity index (χ1) is 9.71. The zero-order valence-electron chi connectivity index (χ0n) is 13.6. The van der Waals surface area contributed by atoms with Crippen LogP contribution in [0, 0.1) is 5.92 Å². The smallest absolute Gasteiger partial charge is 0.316 e. The van der Waals surface area contributed by atoms with E-state index in [1.165, 1.54) is 17.3 Å².